The predicted octanol–water partition coefficient (Wildman–Crippen LogP) is 4.51. The highest BCUT2D eigenvalue weighted by Crippen LogP contribution is 2.29. The number of H-pyrrole nitrogens is 1. The van der Waals surface area contributed by atoms with E-state index in [1.165, 1.54) is 18.9 Å². The molecule has 0 unspecified atom stereocenters. The van der Waals surface area contributed by atoms with Gasteiger partial charge in [-0.15, -0.1) is 0 Å². The summed E-state index contributed by atoms with van der Waals surface area (Å²) in [6, 6.07) is 8.77. The first-order chi connectivity index (χ1) is 12.6. The van der Waals surface area contributed by atoms with Crippen LogP contribution in [0.4, 0.5) is 4.39 Å². The lowest BCUT2D eigenvalue weighted by Gasteiger charge is -2.12. The first kappa shape index (κ1) is 17.6. The molecule has 1 N–H and O–H groups in total. The summed E-state index contributed by atoms with van der Waals surface area (Å²) in [7, 11) is 0. The molecule has 2 aromatic carbocycles. The number of fused-ring (bicyclic) bond motifs is 1. The number of aromatic nitrogens is 2. The Hall–Kier alpha value is -1.80. The Morgan fingerprint density at radius 2 is 2.15 bits per heavy atom. The van der Waals surface area contributed by atoms with Crippen LogP contribution in [0.5, 0.6) is 0 Å². The molecule has 1 heterocycles. The standard InChI is InChI=1S/C20H18FIN2O2/c21-18-8-14(22)4-3-13(18)7-16-15(5-6-19-17(16)9-23-24-19)20(25)11-26-10-12-1-2-12/h3-6,8-9,12H,1-2,7,10-11H2,(H,23,24). The largest absolute Gasteiger partial charge is 0.373 e. The number of ketones is 1. The Labute approximate surface area is 164 Å². The van der Waals surface area contributed by atoms with E-state index in [-0.39, 0.29) is 18.2 Å². The topological polar surface area (TPSA) is 55.0 Å². The molecular formula is C20H18FIN2O2. The van der Waals surface area contributed by atoms with Gasteiger partial charge in [0.25, 0.3) is 0 Å². The molecule has 3 aromatic rings. The van der Waals surface area contributed by atoms with Crippen molar-refractivity contribution >= 4 is 39.3 Å². The number of Topliss-reactive ketones (excluding diaryl/α,β-unsaturated/α-hetero) is 1. The van der Waals surface area contributed by atoms with E-state index in [4.69, 9.17) is 4.74 Å². The van der Waals surface area contributed by atoms with Crippen LogP contribution in [0.25, 0.3) is 10.9 Å². The average molecular weight is 464 g/mol. The van der Waals surface area contributed by atoms with E-state index in [0.29, 0.717) is 30.1 Å². The van der Waals surface area contributed by atoms with E-state index in [0.717, 1.165) is 20.0 Å². The van der Waals surface area contributed by atoms with E-state index in [9.17, 15) is 9.18 Å². The molecule has 0 aliphatic heterocycles. The monoisotopic (exact) mass is 464 g/mol. The van der Waals surface area contributed by atoms with E-state index < -0.39 is 0 Å². The normalized spacial score (nSPS) is 14.1. The highest BCUT2D eigenvalue weighted by molar-refractivity contribution is 14.1. The molecule has 6 heteroatoms. The van der Waals surface area contributed by atoms with Crippen molar-refractivity contribution in [2.45, 2.75) is 19.3 Å². The number of rotatable bonds is 7. The van der Waals surface area contributed by atoms with Gasteiger partial charge >= 0.3 is 0 Å². The minimum atomic E-state index is -0.263. The summed E-state index contributed by atoms with van der Waals surface area (Å²) in [4.78, 5) is 12.7. The molecule has 134 valence electrons. The molecular weight excluding hydrogens is 446 g/mol. The van der Waals surface area contributed by atoms with Crippen LogP contribution >= 0.6 is 22.6 Å². The van der Waals surface area contributed by atoms with Crippen molar-refractivity contribution in [2.75, 3.05) is 13.2 Å². The first-order valence-corrected chi connectivity index (χ1v) is 9.69. The number of ether oxygens (including phenoxy) is 1. The van der Waals surface area contributed by atoms with Gasteiger partial charge in [0.15, 0.2) is 5.78 Å². The van der Waals surface area contributed by atoms with Gasteiger partial charge in [-0.1, -0.05) is 6.07 Å². The summed E-state index contributed by atoms with van der Waals surface area (Å²) in [6.45, 7) is 0.697. The molecule has 0 saturated heterocycles. The van der Waals surface area contributed by atoms with Crippen molar-refractivity contribution in [3.8, 4) is 0 Å². The summed E-state index contributed by atoms with van der Waals surface area (Å²) in [5.74, 6) is 0.273. The van der Waals surface area contributed by atoms with Gasteiger partial charge in [0.1, 0.15) is 12.4 Å². The molecule has 1 aromatic heterocycles. The van der Waals surface area contributed by atoms with Crippen LogP contribution in [-0.4, -0.2) is 29.2 Å². The maximum atomic E-state index is 14.4. The van der Waals surface area contributed by atoms with Gasteiger partial charge in [-0.25, -0.2) is 4.39 Å². The highest BCUT2D eigenvalue weighted by Gasteiger charge is 2.22. The second-order valence-corrected chi connectivity index (χ2v) is 7.96. The second kappa shape index (κ2) is 7.44. The van der Waals surface area contributed by atoms with E-state index in [1.54, 1.807) is 18.3 Å². The van der Waals surface area contributed by atoms with Crippen molar-refractivity contribution in [3.05, 3.63) is 62.6 Å². The summed E-state index contributed by atoms with van der Waals surface area (Å²) in [5, 5.41) is 7.83. The lowest BCUT2D eigenvalue weighted by atomic mass is 9.94. The smallest absolute Gasteiger partial charge is 0.188 e. The molecule has 1 fully saturated rings. The van der Waals surface area contributed by atoms with Crippen molar-refractivity contribution in [1.82, 2.24) is 10.2 Å². The van der Waals surface area contributed by atoms with Gasteiger partial charge in [-0.3, -0.25) is 9.89 Å². The van der Waals surface area contributed by atoms with Crippen LogP contribution in [0.3, 0.4) is 0 Å². The molecule has 0 spiro atoms. The predicted molar refractivity (Wildman–Crippen MR) is 106 cm³/mol. The highest BCUT2D eigenvalue weighted by atomic mass is 127. The third-order valence-corrected chi connectivity index (χ3v) is 5.37. The minimum absolute atomic E-state index is 0.0576. The van der Waals surface area contributed by atoms with E-state index in [2.05, 4.69) is 32.8 Å². The van der Waals surface area contributed by atoms with E-state index in [1.807, 2.05) is 12.1 Å². The van der Waals surface area contributed by atoms with Crippen LogP contribution < -0.4 is 0 Å². The number of hydrogen-bond donors (Lipinski definition) is 1. The third kappa shape index (κ3) is 3.81. The molecule has 4 rings (SSSR count). The lowest BCUT2D eigenvalue weighted by molar-refractivity contribution is 0.0739. The number of halogens is 2. The van der Waals surface area contributed by atoms with Gasteiger partial charge < -0.3 is 4.74 Å². The van der Waals surface area contributed by atoms with Crippen molar-refractivity contribution in [1.29, 1.82) is 0 Å². The zero-order valence-corrected chi connectivity index (χ0v) is 16.3. The van der Waals surface area contributed by atoms with Crippen molar-refractivity contribution in [2.24, 2.45) is 5.92 Å². The second-order valence-electron chi connectivity index (χ2n) is 6.72. The molecule has 1 saturated carbocycles. The number of nitrogens with zero attached hydrogens (tertiary/aromatic N) is 1. The Kier molecular flexibility index (Phi) is 5.04. The van der Waals surface area contributed by atoms with Gasteiger partial charge in [0.05, 0.1) is 18.3 Å². The molecule has 1 aliphatic rings. The SMILES string of the molecule is O=C(COCC1CC1)c1ccc2[nH]ncc2c1Cc1ccc(I)cc1F. The number of benzene rings is 2. The fourth-order valence-corrected chi connectivity index (χ4v) is 3.52. The number of hydrogen-bond acceptors (Lipinski definition) is 3. The summed E-state index contributed by atoms with van der Waals surface area (Å²) in [6.07, 6.45) is 4.40. The first-order valence-electron chi connectivity index (χ1n) is 8.61. The molecule has 26 heavy (non-hydrogen) atoms. The van der Waals surface area contributed by atoms with E-state index >= 15 is 0 Å². The zero-order valence-electron chi connectivity index (χ0n) is 14.1. The Bertz CT molecular complexity index is 966. The fourth-order valence-electron chi connectivity index (χ4n) is 3.06. The maximum Gasteiger partial charge on any atom is 0.188 e. The summed E-state index contributed by atoms with van der Waals surface area (Å²) in [5.41, 5.74) is 2.76. The zero-order chi connectivity index (χ0) is 18.1. The minimum Gasteiger partial charge on any atom is -0.373 e. The van der Waals surface area contributed by atoms with Gasteiger partial charge in [-0.2, -0.15) is 5.10 Å². The molecule has 4 nitrogen and oxygen atoms in total. The number of carbonyl (C=O) groups is 1. The lowest BCUT2D eigenvalue weighted by Crippen LogP contribution is -2.13. The summed E-state index contributed by atoms with van der Waals surface area (Å²) < 4.78 is 20.8. The average Bonchev–Trinajstić information content (AvgIpc) is 3.31. The molecule has 0 radical (unpaired) electrons. The number of nitrogens with one attached hydrogen (secondary N) is 1. The Morgan fingerprint density at radius 3 is 2.92 bits per heavy atom. The molecule has 1 aliphatic carbocycles. The van der Waals surface area contributed by atoms with Gasteiger partial charge in [0, 0.05) is 20.9 Å². The number of carbonyl (C=O) groups excluding carboxylic acids is 1. The third-order valence-electron chi connectivity index (χ3n) is 4.70. The summed E-state index contributed by atoms with van der Waals surface area (Å²) >= 11 is 2.08. The van der Waals surface area contributed by atoms with Crippen LogP contribution in [-0.2, 0) is 11.2 Å². The molecule has 0 atom stereocenters. The maximum absolute atomic E-state index is 14.4. The number of aromatic amines is 1. The van der Waals surface area contributed by atoms with Crippen LogP contribution in [0.1, 0.15) is 34.3 Å². The fraction of sp³-hybridized carbons (Fsp3) is 0.300. The Morgan fingerprint density at radius 1 is 1.31 bits per heavy atom. The van der Waals surface area contributed by atoms with Crippen LogP contribution in [0, 0.1) is 15.3 Å². The molecule has 0 bridgehead atoms. The quantitative estimate of drug-likeness (QED) is 0.414. The van der Waals surface area contributed by atoms with Crippen molar-refractivity contribution < 1.29 is 13.9 Å². The molecule has 0 amide bonds. The van der Waals surface area contributed by atoms with Crippen molar-refractivity contribution in [3.63, 3.8) is 0 Å². The Balaban J connectivity index is 1.65. The van der Waals surface area contributed by atoms with Crippen LogP contribution in [0.2, 0.25) is 0 Å². The van der Waals surface area contributed by atoms with Crippen LogP contribution in [0.15, 0.2) is 36.5 Å². The van der Waals surface area contributed by atoms with Gasteiger partial charge in [0.2, 0.25) is 0 Å². The van der Waals surface area contributed by atoms with Gasteiger partial charge in [-0.05, 0) is 76.7 Å².